The third kappa shape index (κ3) is 1.95. The van der Waals surface area contributed by atoms with Gasteiger partial charge in [-0.2, -0.15) is 0 Å². The molecule has 2 N–H and O–H groups in total. The normalized spacial score (nSPS) is 18.1. The van der Waals surface area contributed by atoms with Crippen LogP contribution < -0.4 is 15.4 Å². The molecule has 0 radical (unpaired) electrons. The Bertz CT molecular complexity index is 413. The Kier molecular flexibility index (Phi) is 2.95. The standard InChI is InChI=1S/C12H20N4O/c1-8(2)12(13)5-16(6-12)10-9(3)11(17-4)15-7-14-10/h7-8H,5-6,13H2,1-4H3. The predicted octanol–water partition coefficient (Wildman–Crippen LogP) is 0.967. The molecule has 0 spiro atoms. The smallest absolute Gasteiger partial charge is 0.221 e. The van der Waals surface area contributed by atoms with Gasteiger partial charge in [0, 0.05) is 13.1 Å². The second-order valence-electron chi connectivity index (χ2n) is 5.08. The molecule has 2 rings (SSSR count). The van der Waals surface area contributed by atoms with Crippen LogP contribution in [0.4, 0.5) is 5.82 Å². The number of nitrogens with zero attached hydrogens (tertiary/aromatic N) is 3. The lowest BCUT2D eigenvalue weighted by Crippen LogP contribution is -2.70. The molecule has 1 aromatic rings. The first-order valence-electron chi connectivity index (χ1n) is 5.87. The molecule has 5 nitrogen and oxygen atoms in total. The maximum atomic E-state index is 6.28. The molecule has 0 aliphatic carbocycles. The lowest BCUT2D eigenvalue weighted by atomic mass is 9.80. The molecule has 1 aliphatic rings. The molecule has 0 atom stereocenters. The van der Waals surface area contributed by atoms with Gasteiger partial charge in [-0.05, 0) is 12.8 Å². The maximum absolute atomic E-state index is 6.28. The largest absolute Gasteiger partial charge is 0.481 e. The van der Waals surface area contributed by atoms with Crippen LogP contribution in [-0.4, -0.2) is 35.7 Å². The first kappa shape index (κ1) is 12.1. The number of anilines is 1. The van der Waals surface area contributed by atoms with Crippen LogP contribution in [0.3, 0.4) is 0 Å². The van der Waals surface area contributed by atoms with Gasteiger partial charge in [-0.25, -0.2) is 9.97 Å². The second kappa shape index (κ2) is 4.14. The Labute approximate surface area is 102 Å². The zero-order valence-electron chi connectivity index (χ0n) is 10.9. The van der Waals surface area contributed by atoms with Crippen molar-refractivity contribution in [2.45, 2.75) is 26.3 Å². The molecule has 2 heterocycles. The van der Waals surface area contributed by atoms with Crippen molar-refractivity contribution in [3.8, 4) is 5.88 Å². The van der Waals surface area contributed by atoms with E-state index in [0.717, 1.165) is 24.5 Å². The van der Waals surface area contributed by atoms with Gasteiger partial charge in [-0.1, -0.05) is 13.8 Å². The van der Waals surface area contributed by atoms with Crippen molar-refractivity contribution in [3.63, 3.8) is 0 Å². The minimum absolute atomic E-state index is 0.0926. The summed E-state index contributed by atoms with van der Waals surface area (Å²) < 4.78 is 5.19. The first-order valence-corrected chi connectivity index (χ1v) is 5.87. The Hall–Kier alpha value is -1.36. The van der Waals surface area contributed by atoms with Crippen LogP contribution in [0.15, 0.2) is 6.33 Å². The van der Waals surface area contributed by atoms with Crippen LogP contribution in [0.5, 0.6) is 5.88 Å². The molecular weight excluding hydrogens is 216 g/mol. The van der Waals surface area contributed by atoms with Gasteiger partial charge in [-0.15, -0.1) is 0 Å². The minimum Gasteiger partial charge on any atom is -0.481 e. The Balaban J connectivity index is 2.17. The first-order chi connectivity index (χ1) is 7.98. The highest BCUT2D eigenvalue weighted by atomic mass is 16.5. The predicted molar refractivity (Wildman–Crippen MR) is 67.3 cm³/mol. The lowest BCUT2D eigenvalue weighted by Gasteiger charge is -2.51. The summed E-state index contributed by atoms with van der Waals surface area (Å²) in [5.74, 6) is 2.04. The molecule has 1 aromatic heterocycles. The summed E-state index contributed by atoms with van der Waals surface area (Å²) in [5.41, 5.74) is 7.16. The number of hydrogen-bond donors (Lipinski definition) is 1. The van der Waals surface area contributed by atoms with E-state index in [2.05, 4.69) is 28.7 Å². The monoisotopic (exact) mass is 236 g/mol. The highest BCUT2D eigenvalue weighted by molar-refractivity contribution is 5.53. The van der Waals surface area contributed by atoms with Gasteiger partial charge in [-0.3, -0.25) is 0 Å². The fraction of sp³-hybridized carbons (Fsp3) is 0.667. The molecule has 0 unspecified atom stereocenters. The SMILES string of the molecule is COc1ncnc(N2CC(N)(C(C)C)C2)c1C. The average Bonchev–Trinajstić information content (AvgIpc) is 2.25. The second-order valence-corrected chi connectivity index (χ2v) is 5.08. The number of aromatic nitrogens is 2. The van der Waals surface area contributed by atoms with E-state index in [4.69, 9.17) is 10.5 Å². The summed E-state index contributed by atoms with van der Waals surface area (Å²) in [6, 6.07) is 0. The van der Waals surface area contributed by atoms with Gasteiger partial charge < -0.3 is 15.4 Å². The highest BCUT2D eigenvalue weighted by Crippen LogP contribution is 2.33. The van der Waals surface area contributed by atoms with E-state index in [-0.39, 0.29) is 5.54 Å². The number of nitrogens with two attached hydrogens (primary N) is 1. The summed E-state index contributed by atoms with van der Waals surface area (Å²) in [6.45, 7) is 7.97. The molecule has 1 fully saturated rings. The van der Waals surface area contributed by atoms with Crippen LogP contribution in [0, 0.1) is 12.8 Å². The maximum Gasteiger partial charge on any atom is 0.221 e. The van der Waals surface area contributed by atoms with E-state index in [9.17, 15) is 0 Å². The summed E-state index contributed by atoms with van der Waals surface area (Å²) in [5, 5.41) is 0. The zero-order chi connectivity index (χ0) is 12.6. The molecular formula is C12H20N4O. The molecule has 1 saturated heterocycles. The molecule has 0 aromatic carbocycles. The Morgan fingerprint density at radius 2 is 2.06 bits per heavy atom. The van der Waals surface area contributed by atoms with Crippen molar-refractivity contribution in [1.29, 1.82) is 0 Å². The van der Waals surface area contributed by atoms with E-state index in [1.807, 2.05) is 6.92 Å². The van der Waals surface area contributed by atoms with Crippen molar-refractivity contribution in [1.82, 2.24) is 9.97 Å². The third-order valence-electron chi connectivity index (χ3n) is 3.62. The number of methoxy groups -OCH3 is 1. The third-order valence-corrected chi connectivity index (χ3v) is 3.62. The molecule has 94 valence electrons. The summed E-state index contributed by atoms with van der Waals surface area (Å²) in [4.78, 5) is 10.6. The van der Waals surface area contributed by atoms with Gasteiger partial charge in [0.2, 0.25) is 5.88 Å². The molecule has 5 heteroatoms. The average molecular weight is 236 g/mol. The topological polar surface area (TPSA) is 64.3 Å². The van der Waals surface area contributed by atoms with Gasteiger partial charge in [0.25, 0.3) is 0 Å². The van der Waals surface area contributed by atoms with Gasteiger partial charge >= 0.3 is 0 Å². The minimum atomic E-state index is -0.0926. The van der Waals surface area contributed by atoms with E-state index in [1.54, 1.807) is 7.11 Å². The fourth-order valence-electron chi connectivity index (χ4n) is 2.13. The van der Waals surface area contributed by atoms with Crippen molar-refractivity contribution in [2.75, 3.05) is 25.1 Å². The van der Waals surface area contributed by atoms with Crippen LogP contribution in [0.1, 0.15) is 19.4 Å². The molecule has 0 amide bonds. The quantitative estimate of drug-likeness (QED) is 0.847. The number of hydrogen-bond acceptors (Lipinski definition) is 5. The van der Waals surface area contributed by atoms with Crippen LogP contribution in [0.2, 0.25) is 0 Å². The van der Waals surface area contributed by atoms with Crippen molar-refractivity contribution < 1.29 is 4.74 Å². The Morgan fingerprint density at radius 3 is 2.59 bits per heavy atom. The van der Waals surface area contributed by atoms with Gasteiger partial charge in [0.1, 0.15) is 12.1 Å². The van der Waals surface area contributed by atoms with Gasteiger partial charge in [0.05, 0.1) is 18.2 Å². The van der Waals surface area contributed by atoms with Crippen LogP contribution in [0.25, 0.3) is 0 Å². The summed E-state index contributed by atoms with van der Waals surface area (Å²) in [7, 11) is 1.62. The summed E-state index contributed by atoms with van der Waals surface area (Å²) >= 11 is 0. The molecule has 0 saturated carbocycles. The van der Waals surface area contributed by atoms with E-state index in [1.165, 1.54) is 6.33 Å². The number of rotatable bonds is 3. The zero-order valence-corrected chi connectivity index (χ0v) is 10.9. The summed E-state index contributed by atoms with van der Waals surface area (Å²) in [6.07, 6.45) is 1.53. The van der Waals surface area contributed by atoms with E-state index < -0.39 is 0 Å². The number of ether oxygens (including phenoxy) is 1. The highest BCUT2D eigenvalue weighted by Gasteiger charge is 2.43. The van der Waals surface area contributed by atoms with Crippen molar-refractivity contribution in [3.05, 3.63) is 11.9 Å². The molecule has 17 heavy (non-hydrogen) atoms. The fourth-order valence-corrected chi connectivity index (χ4v) is 2.13. The molecule has 0 bridgehead atoms. The lowest BCUT2D eigenvalue weighted by molar-refractivity contribution is 0.243. The van der Waals surface area contributed by atoms with Crippen LogP contribution in [-0.2, 0) is 0 Å². The van der Waals surface area contributed by atoms with Crippen molar-refractivity contribution in [2.24, 2.45) is 11.7 Å². The van der Waals surface area contributed by atoms with Gasteiger partial charge in [0.15, 0.2) is 0 Å². The molecule has 1 aliphatic heterocycles. The Morgan fingerprint density at radius 1 is 1.41 bits per heavy atom. The van der Waals surface area contributed by atoms with E-state index >= 15 is 0 Å². The van der Waals surface area contributed by atoms with Crippen molar-refractivity contribution >= 4 is 5.82 Å². The van der Waals surface area contributed by atoms with E-state index in [0.29, 0.717) is 11.8 Å². The van der Waals surface area contributed by atoms with Crippen LogP contribution >= 0.6 is 0 Å².